The van der Waals surface area contributed by atoms with Crippen molar-refractivity contribution in [3.8, 4) is 0 Å². The molecule has 0 atom stereocenters. The van der Waals surface area contributed by atoms with Crippen LogP contribution in [0.4, 0.5) is 5.82 Å². The molecule has 3 rings (SSSR count). The van der Waals surface area contributed by atoms with E-state index in [0.717, 1.165) is 21.6 Å². The van der Waals surface area contributed by atoms with Gasteiger partial charge < -0.3 is 0 Å². The van der Waals surface area contributed by atoms with Gasteiger partial charge in [-0.1, -0.05) is 0 Å². The van der Waals surface area contributed by atoms with E-state index in [0.29, 0.717) is 0 Å². The van der Waals surface area contributed by atoms with Crippen molar-refractivity contribution in [2.45, 2.75) is 13.8 Å². The second-order valence-electron chi connectivity index (χ2n) is 4.11. The van der Waals surface area contributed by atoms with E-state index in [1.807, 2.05) is 16.8 Å². The van der Waals surface area contributed by atoms with Crippen LogP contribution in [0.5, 0.6) is 0 Å². The van der Waals surface area contributed by atoms with Crippen molar-refractivity contribution >= 4 is 44.9 Å². The van der Waals surface area contributed by atoms with Crippen LogP contribution in [0, 0.1) is 13.8 Å². The molecule has 0 spiro atoms. The summed E-state index contributed by atoms with van der Waals surface area (Å²) in [6, 6.07) is 2.02. The SMILES string of the molecule is Cc1sc2ncnc(N/N=C\c3ccsc3)c2c1C. The zero-order valence-corrected chi connectivity index (χ0v) is 12.2. The van der Waals surface area contributed by atoms with Crippen LogP contribution in [0.15, 0.2) is 28.3 Å². The van der Waals surface area contributed by atoms with Gasteiger partial charge in [-0.3, -0.25) is 5.43 Å². The van der Waals surface area contributed by atoms with E-state index in [-0.39, 0.29) is 0 Å². The maximum atomic E-state index is 4.30. The third-order valence-corrected chi connectivity index (χ3v) is 4.71. The van der Waals surface area contributed by atoms with Gasteiger partial charge in [0.15, 0.2) is 5.82 Å². The van der Waals surface area contributed by atoms with Gasteiger partial charge in [0.2, 0.25) is 0 Å². The first-order valence-electron chi connectivity index (χ1n) is 5.77. The lowest BCUT2D eigenvalue weighted by molar-refractivity contribution is 1.19. The second kappa shape index (κ2) is 5.07. The fourth-order valence-electron chi connectivity index (χ4n) is 1.78. The third-order valence-electron chi connectivity index (χ3n) is 2.89. The Morgan fingerprint density at radius 1 is 1.32 bits per heavy atom. The van der Waals surface area contributed by atoms with Gasteiger partial charge in [-0.05, 0) is 36.2 Å². The topological polar surface area (TPSA) is 50.2 Å². The molecule has 1 N–H and O–H groups in total. The molecular formula is C13H12N4S2. The molecule has 0 saturated heterocycles. The van der Waals surface area contributed by atoms with E-state index in [1.54, 1.807) is 35.2 Å². The number of fused-ring (bicyclic) bond motifs is 1. The molecule has 4 nitrogen and oxygen atoms in total. The number of hydrogen-bond acceptors (Lipinski definition) is 6. The van der Waals surface area contributed by atoms with Crippen molar-refractivity contribution in [3.63, 3.8) is 0 Å². The lowest BCUT2D eigenvalue weighted by Gasteiger charge is -2.01. The Kier molecular flexibility index (Phi) is 3.27. The van der Waals surface area contributed by atoms with Crippen LogP contribution in [-0.2, 0) is 0 Å². The molecule has 3 aromatic heterocycles. The van der Waals surface area contributed by atoms with Crippen molar-refractivity contribution in [1.82, 2.24) is 9.97 Å². The van der Waals surface area contributed by atoms with Crippen molar-refractivity contribution in [1.29, 1.82) is 0 Å². The first-order chi connectivity index (χ1) is 9.25. The standard InChI is InChI=1S/C13H12N4S2/c1-8-9(2)19-13-11(8)12(14-7-15-13)17-16-5-10-3-4-18-6-10/h3-7H,1-2H3,(H,14,15,17)/b16-5-. The number of rotatable bonds is 3. The molecule has 0 aliphatic heterocycles. The monoisotopic (exact) mass is 288 g/mol. The summed E-state index contributed by atoms with van der Waals surface area (Å²) in [5.41, 5.74) is 5.31. The lowest BCUT2D eigenvalue weighted by Crippen LogP contribution is -1.95. The fraction of sp³-hybridized carbons (Fsp3) is 0.154. The van der Waals surface area contributed by atoms with Crippen molar-refractivity contribution in [2.24, 2.45) is 5.10 Å². The van der Waals surface area contributed by atoms with Crippen molar-refractivity contribution < 1.29 is 0 Å². The Hall–Kier alpha value is -1.79. The summed E-state index contributed by atoms with van der Waals surface area (Å²) in [6.45, 7) is 4.19. The van der Waals surface area contributed by atoms with Crippen LogP contribution in [0.1, 0.15) is 16.0 Å². The minimum Gasteiger partial charge on any atom is -0.261 e. The average molecular weight is 288 g/mol. The van der Waals surface area contributed by atoms with E-state index in [1.165, 1.54) is 10.4 Å². The van der Waals surface area contributed by atoms with Crippen LogP contribution < -0.4 is 5.43 Å². The summed E-state index contributed by atoms with van der Waals surface area (Å²) < 4.78 is 0. The normalized spacial score (nSPS) is 11.5. The second-order valence-corrected chi connectivity index (χ2v) is 6.10. The van der Waals surface area contributed by atoms with Crippen LogP contribution in [-0.4, -0.2) is 16.2 Å². The van der Waals surface area contributed by atoms with Crippen LogP contribution >= 0.6 is 22.7 Å². The van der Waals surface area contributed by atoms with Gasteiger partial charge in [-0.15, -0.1) is 11.3 Å². The molecule has 0 radical (unpaired) electrons. The van der Waals surface area contributed by atoms with E-state index in [2.05, 4.69) is 34.3 Å². The molecule has 96 valence electrons. The number of aromatic nitrogens is 2. The maximum Gasteiger partial charge on any atom is 0.158 e. The maximum absolute atomic E-state index is 4.30. The van der Waals surface area contributed by atoms with E-state index in [4.69, 9.17) is 0 Å². The highest BCUT2D eigenvalue weighted by atomic mass is 32.1. The predicted octanol–water partition coefficient (Wildman–Crippen LogP) is 3.82. The number of nitrogens with one attached hydrogen (secondary N) is 1. The molecule has 0 fully saturated rings. The Morgan fingerprint density at radius 3 is 3.00 bits per heavy atom. The molecule has 0 saturated carbocycles. The van der Waals surface area contributed by atoms with Crippen LogP contribution in [0.2, 0.25) is 0 Å². The van der Waals surface area contributed by atoms with Gasteiger partial charge in [0, 0.05) is 10.4 Å². The van der Waals surface area contributed by atoms with E-state index >= 15 is 0 Å². The summed E-state index contributed by atoms with van der Waals surface area (Å²) in [4.78, 5) is 10.8. The van der Waals surface area contributed by atoms with Gasteiger partial charge in [0.05, 0.1) is 11.6 Å². The quantitative estimate of drug-likeness (QED) is 0.589. The predicted molar refractivity (Wildman–Crippen MR) is 82.4 cm³/mol. The number of thiophene rings is 2. The Labute approximate surface area is 118 Å². The van der Waals surface area contributed by atoms with Crippen LogP contribution in [0.25, 0.3) is 10.2 Å². The number of nitrogens with zero attached hydrogens (tertiary/aromatic N) is 3. The highest BCUT2D eigenvalue weighted by Crippen LogP contribution is 2.32. The lowest BCUT2D eigenvalue weighted by atomic mass is 10.2. The number of aryl methyl sites for hydroxylation is 2. The number of hydrazone groups is 1. The molecule has 0 aliphatic rings. The van der Waals surface area contributed by atoms with Gasteiger partial charge in [-0.25, -0.2) is 9.97 Å². The molecule has 0 amide bonds. The summed E-state index contributed by atoms with van der Waals surface area (Å²) in [5.74, 6) is 0.762. The zero-order chi connectivity index (χ0) is 13.2. The minimum absolute atomic E-state index is 0.762. The first kappa shape index (κ1) is 12.3. The molecule has 0 bridgehead atoms. The molecule has 0 aliphatic carbocycles. The molecule has 0 unspecified atom stereocenters. The van der Waals surface area contributed by atoms with E-state index < -0.39 is 0 Å². The highest BCUT2D eigenvalue weighted by Gasteiger charge is 2.10. The average Bonchev–Trinajstić information content (AvgIpc) is 3.00. The van der Waals surface area contributed by atoms with E-state index in [9.17, 15) is 0 Å². The molecule has 3 aromatic rings. The fourth-order valence-corrected chi connectivity index (χ4v) is 3.39. The van der Waals surface area contributed by atoms with Crippen molar-refractivity contribution in [3.05, 3.63) is 39.2 Å². The summed E-state index contributed by atoms with van der Waals surface area (Å²) in [7, 11) is 0. The minimum atomic E-state index is 0.762. The number of anilines is 1. The molecular weight excluding hydrogens is 276 g/mol. The number of hydrogen-bond donors (Lipinski definition) is 1. The largest absolute Gasteiger partial charge is 0.261 e. The van der Waals surface area contributed by atoms with Gasteiger partial charge in [-0.2, -0.15) is 16.4 Å². The zero-order valence-electron chi connectivity index (χ0n) is 10.5. The van der Waals surface area contributed by atoms with Gasteiger partial charge in [0.25, 0.3) is 0 Å². The van der Waals surface area contributed by atoms with Gasteiger partial charge >= 0.3 is 0 Å². The van der Waals surface area contributed by atoms with Crippen molar-refractivity contribution in [2.75, 3.05) is 5.43 Å². The Morgan fingerprint density at radius 2 is 2.21 bits per heavy atom. The molecule has 6 heteroatoms. The van der Waals surface area contributed by atoms with Gasteiger partial charge in [0.1, 0.15) is 11.2 Å². The first-order valence-corrected chi connectivity index (χ1v) is 7.53. The van der Waals surface area contributed by atoms with Crippen LogP contribution in [0.3, 0.4) is 0 Å². The highest BCUT2D eigenvalue weighted by molar-refractivity contribution is 7.18. The molecule has 0 aromatic carbocycles. The summed E-state index contributed by atoms with van der Waals surface area (Å²) in [6.07, 6.45) is 3.36. The molecule has 19 heavy (non-hydrogen) atoms. The smallest absolute Gasteiger partial charge is 0.158 e. The summed E-state index contributed by atoms with van der Waals surface area (Å²) >= 11 is 3.33. The summed E-state index contributed by atoms with van der Waals surface area (Å²) in [5, 5.41) is 9.36. The molecule has 3 heterocycles. The Balaban J connectivity index is 1.93. The third kappa shape index (κ3) is 2.36. The Bertz CT molecular complexity index is 729.